The molecule has 19 heavy (non-hydrogen) atoms. The van der Waals surface area contributed by atoms with E-state index in [1.807, 2.05) is 0 Å². The van der Waals surface area contributed by atoms with E-state index in [0.717, 1.165) is 4.90 Å². The second kappa shape index (κ2) is 6.06. The van der Waals surface area contributed by atoms with E-state index in [-0.39, 0.29) is 11.7 Å². The Hall–Kier alpha value is -1.56. The molecule has 1 aliphatic heterocycles. The summed E-state index contributed by atoms with van der Waals surface area (Å²) in [7, 11) is 0. The first-order valence-electron chi connectivity index (χ1n) is 5.95. The van der Waals surface area contributed by atoms with Gasteiger partial charge in [-0.1, -0.05) is 0 Å². The minimum absolute atomic E-state index is 0.0212. The zero-order chi connectivity index (χ0) is 13.8. The van der Waals surface area contributed by atoms with Gasteiger partial charge in [-0.3, -0.25) is 9.59 Å². The van der Waals surface area contributed by atoms with Crippen molar-refractivity contribution < 1.29 is 19.1 Å². The van der Waals surface area contributed by atoms with Gasteiger partial charge < -0.3 is 10.0 Å². The van der Waals surface area contributed by atoms with Crippen molar-refractivity contribution in [3.8, 4) is 0 Å². The molecule has 4 nitrogen and oxygen atoms in total. The summed E-state index contributed by atoms with van der Waals surface area (Å²) in [6.45, 7) is 0.630. The maximum atomic E-state index is 12.7. The minimum atomic E-state index is -0.843. The molecule has 1 heterocycles. The highest BCUT2D eigenvalue weighted by Crippen LogP contribution is 2.21. The number of thioether (sulfide) groups is 1. The van der Waals surface area contributed by atoms with Gasteiger partial charge in [-0.05, 0) is 24.3 Å². The van der Waals surface area contributed by atoms with E-state index in [1.54, 1.807) is 17.0 Å². The van der Waals surface area contributed by atoms with Gasteiger partial charge in [0.15, 0.2) is 0 Å². The van der Waals surface area contributed by atoms with Gasteiger partial charge in [0.2, 0.25) is 5.91 Å². The van der Waals surface area contributed by atoms with Gasteiger partial charge in [0.05, 0.1) is 5.92 Å². The van der Waals surface area contributed by atoms with Gasteiger partial charge in [-0.15, -0.1) is 11.8 Å². The molecule has 1 aromatic carbocycles. The minimum Gasteiger partial charge on any atom is -0.481 e. The highest BCUT2D eigenvalue weighted by Gasteiger charge is 2.34. The zero-order valence-corrected chi connectivity index (χ0v) is 11.0. The van der Waals surface area contributed by atoms with Crippen LogP contribution in [0.2, 0.25) is 0 Å². The molecule has 0 saturated carbocycles. The Bertz CT molecular complexity index is 471. The molecule has 0 aliphatic carbocycles. The lowest BCUT2D eigenvalue weighted by Gasteiger charge is -2.36. The summed E-state index contributed by atoms with van der Waals surface area (Å²) in [5.74, 6) is -0.940. The molecule has 1 aromatic rings. The average Bonchev–Trinajstić information content (AvgIpc) is 2.29. The molecule has 1 amide bonds. The third-order valence-electron chi connectivity index (χ3n) is 2.98. The van der Waals surface area contributed by atoms with E-state index in [4.69, 9.17) is 5.11 Å². The van der Waals surface area contributed by atoms with Gasteiger partial charge in [0.25, 0.3) is 0 Å². The van der Waals surface area contributed by atoms with E-state index in [9.17, 15) is 14.0 Å². The van der Waals surface area contributed by atoms with Crippen LogP contribution in [0.5, 0.6) is 0 Å². The Kier molecular flexibility index (Phi) is 4.42. The number of hydrogen-bond acceptors (Lipinski definition) is 3. The molecular formula is C13H14FNO3S. The van der Waals surface area contributed by atoms with Crippen LogP contribution in [-0.2, 0) is 9.59 Å². The largest absolute Gasteiger partial charge is 0.481 e. The van der Waals surface area contributed by atoms with E-state index in [1.165, 1.54) is 23.9 Å². The van der Waals surface area contributed by atoms with Crippen LogP contribution in [0.3, 0.4) is 0 Å². The van der Waals surface area contributed by atoms with Gasteiger partial charge in [-0.2, -0.15) is 0 Å². The number of hydrogen-bond donors (Lipinski definition) is 1. The summed E-state index contributed by atoms with van der Waals surface area (Å²) in [6, 6.07) is 6.12. The lowest BCUT2D eigenvalue weighted by molar-refractivity contribution is -0.152. The molecule has 1 aliphatic rings. The molecule has 6 heteroatoms. The van der Waals surface area contributed by atoms with Crippen molar-refractivity contribution in [2.75, 3.05) is 18.8 Å². The maximum Gasteiger partial charge on any atom is 0.310 e. The predicted molar refractivity (Wildman–Crippen MR) is 69.4 cm³/mol. The number of carbonyl (C=O) groups excluding carboxylic acids is 1. The monoisotopic (exact) mass is 283 g/mol. The molecule has 0 aromatic heterocycles. The first kappa shape index (κ1) is 13.9. The van der Waals surface area contributed by atoms with Crippen molar-refractivity contribution in [1.29, 1.82) is 0 Å². The highest BCUT2D eigenvalue weighted by atomic mass is 32.2. The fraction of sp³-hybridized carbons (Fsp3) is 0.385. The number of aliphatic carboxylic acids is 1. The summed E-state index contributed by atoms with van der Waals surface area (Å²) in [5.41, 5.74) is 0. The normalized spacial score (nSPS) is 15.1. The third-order valence-corrected chi connectivity index (χ3v) is 4.00. The van der Waals surface area contributed by atoms with Crippen LogP contribution in [0.4, 0.5) is 4.39 Å². The molecule has 1 N–H and O–H groups in total. The molecule has 0 radical (unpaired) electrons. The second-order valence-corrected chi connectivity index (χ2v) is 5.55. The SMILES string of the molecule is O=C(O)C1CN(C(=O)CCSc2ccc(F)cc2)C1. The quantitative estimate of drug-likeness (QED) is 0.838. The number of nitrogens with zero attached hydrogens (tertiary/aromatic N) is 1. The van der Waals surface area contributed by atoms with Crippen LogP contribution < -0.4 is 0 Å². The van der Waals surface area contributed by atoms with Crippen LogP contribution in [0.15, 0.2) is 29.2 Å². The summed E-state index contributed by atoms with van der Waals surface area (Å²) in [6.07, 6.45) is 0.369. The Balaban J connectivity index is 1.68. The zero-order valence-electron chi connectivity index (χ0n) is 10.2. The molecule has 0 spiro atoms. The summed E-state index contributed by atoms with van der Waals surface area (Å²) < 4.78 is 12.7. The number of rotatable bonds is 5. The standard InChI is InChI=1S/C13H14FNO3S/c14-10-1-3-11(4-2-10)19-6-5-12(16)15-7-9(8-15)13(17)18/h1-4,9H,5-8H2,(H,17,18). The van der Waals surface area contributed by atoms with Crippen molar-refractivity contribution >= 4 is 23.6 Å². The van der Waals surface area contributed by atoms with Crippen molar-refractivity contribution in [3.63, 3.8) is 0 Å². The number of amides is 1. The topological polar surface area (TPSA) is 57.6 Å². The number of carboxylic acids is 1. The molecule has 0 atom stereocenters. The summed E-state index contributed by atoms with van der Waals surface area (Å²) in [4.78, 5) is 24.8. The number of carboxylic acid groups (broad SMARTS) is 1. The molecule has 1 fully saturated rings. The van der Waals surface area contributed by atoms with Gasteiger partial charge in [0, 0.05) is 30.2 Å². The fourth-order valence-corrected chi connectivity index (χ4v) is 2.62. The molecule has 0 bridgehead atoms. The average molecular weight is 283 g/mol. The van der Waals surface area contributed by atoms with Crippen LogP contribution in [-0.4, -0.2) is 40.7 Å². The summed E-state index contributed by atoms with van der Waals surface area (Å²) >= 11 is 1.49. The molecule has 1 saturated heterocycles. The lowest BCUT2D eigenvalue weighted by Crippen LogP contribution is -2.53. The predicted octanol–water partition coefficient (Wildman–Crippen LogP) is 1.85. The Labute approximate surface area is 114 Å². The van der Waals surface area contributed by atoms with Gasteiger partial charge in [-0.25, -0.2) is 4.39 Å². The molecule has 102 valence electrons. The van der Waals surface area contributed by atoms with Crippen molar-refractivity contribution in [2.24, 2.45) is 5.92 Å². The highest BCUT2D eigenvalue weighted by molar-refractivity contribution is 7.99. The third kappa shape index (κ3) is 3.70. The van der Waals surface area contributed by atoms with Crippen molar-refractivity contribution in [1.82, 2.24) is 4.90 Å². The molecule has 0 unspecified atom stereocenters. The van der Waals surface area contributed by atoms with Crippen LogP contribution in [0, 0.1) is 11.7 Å². The maximum absolute atomic E-state index is 12.7. The van der Waals surface area contributed by atoms with E-state index in [0.29, 0.717) is 25.3 Å². The summed E-state index contributed by atoms with van der Waals surface area (Å²) in [5, 5.41) is 8.71. The van der Waals surface area contributed by atoms with E-state index in [2.05, 4.69) is 0 Å². The number of likely N-dealkylation sites (tertiary alicyclic amines) is 1. The van der Waals surface area contributed by atoms with Crippen molar-refractivity contribution in [3.05, 3.63) is 30.1 Å². The lowest BCUT2D eigenvalue weighted by atomic mass is 10.0. The smallest absolute Gasteiger partial charge is 0.310 e. The van der Waals surface area contributed by atoms with Crippen molar-refractivity contribution in [2.45, 2.75) is 11.3 Å². The van der Waals surface area contributed by atoms with E-state index < -0.39 is 11.9 Å². The first-order valence-corrected chi connectivity index (χ1v) is 6.94. The number of halogens is 1. The Morgan fingerprint density at radius 2 is 1.95 bits per heavy atom. The van der Waals surface area contributed by atoms with Gasteiger partial charge >= 0.3 is 5.97 Å². The number of carbonyl (C=O) groups is 2. The van der Waals surface area contributed by atoms with E-state index >= 15 is 0 Å². The first-order chi connectivity index (χ1) is 9.06. The van der Waals surface area contributed by atoms with Crippen LogP contribution in [0.25, 0.3) is 0 Å². The van der Waals surface area contributed by atoms with Crippen LogP contribution in [0.1, 0.15) is 6.42 Å². The van der Waals surface area contributed by atoms with Gasteiger partial charge in [0.1, 0.15) is 5.82 Å². The molecule has 2 rings (SSSR count). The van der Waals surface area contributed by atoms with Crippen LogP contribution >= 0.6 is 11.8 Å². The molecular weight excluding hydrogens is 269 g/mol. The second-order valence-electron chi connectivity index (χ2n) is 4.39. The Morgan fingerprint density at radius 3 is 2.53 bits per heavy atom. The number of benzene rings is 1. The fourth-order valence-electron chi connectivity index (χ4n) is 1.78. The Morgan fingerprint density at radius 1 is 1.32 bits per heavy atom.